The SMILES string of the molecule is CC(=O)c1nn(CC(=O)N2[C@H](C(=O)Nc3nc(Br)ccc3C)[C@H](O)[C@@]3(C)C[C@@H]23)c2cnc(-c3cnc(C)nc3)cc12. The maximum atomic E-state index is 13.8. The Morgan fingerprint density at radius 2 is 1.88 bits per heavy atom. The van der Waals surface area contributed by atoms with Crippen LogP contribution in [0, 0.1) is 19.3 Å². The fraction of sp³-hybridized carbons (Fsp3) is 0.357. The van der Waals surface area contributed by atoms with Crippen molar-refractivity contribution in [3.05, 3.63) is 58.5 Å². The highest BCUT2D eigenvalue weighted by Crippen LogP contribution is 2.59. The summed E-state index contributed by atoms with van der Waals surface area (Å²) in [4.78, 5) is 58.5. The number of amides is 2. The van der Waals surface area contributed by atoms with Gasteiger partial charge >= 0.3 is 0 Å². The first kappa shape index (κ1) is 27.1. The maximum absolute atomic E-state index is 13.8. The fourth-order valence-corrected chi connectivity index (χ4v) is 5.87. The summed E-state index contributed by atoms with van der Waals surface area (Å²) in [6, 6.07) is 3.90. The zero-order valence-electron chi connectivity index (χ0n) is 22.8. The van der Waals surface area contributed by atoms with Gasteiger partial charge < -0.3 is 15.3 Å². The number of Topliss-reactive ketones (excluding diaryl/α,β-unsaturated/α-hetero) is 1. The van der Waals surface area contributed by atoms with Crippen LogP contribution in [0.25, 0.3) is 22.2 Å². The van der Waals surface area contributed by atoms with Crippen LogP contribution in [0.5, 0.6) is 0 Å². The number of ketones is 1. The molecule has 0 aromatic carbocycles. The van der Waals surface area contributed by atoms with Crippen LogP contribution in [-0.2, 0) is 16.1 Å². The van der Waals surface area contributed by atoms with Gasteiger partial charge in [-0.1, -0.05) is 13.0 Å². The monoisotopic (exact) mass is 618 g/mol. The molecule has 2 N–H and O–H groups in total. The number of anilines is 1. The van der Waals surface area contributed by atoms with E-state index in [2.05, 4.69) is 46.3 Å². The third-order valence-electron chi connectivity index (χ3n) is 8.04. The van der Waals surface area contributed by atoms with E-state index in [0.29, 0.717) is 44.8 Å². The van der Waals surface area contributed by atoms with Gasteiger partial charge in [-0.3, -0.25) is 24.0 Å². The third-order valence-corrected chi connectivity index (χ3v) is 8.48. The van der Waals surface area contributed by atoms with Gasteiger partial charge in [-0.25, -0.2) is 15.0 Å². The number of aryl methyl sites for hydroxylation is 2. The fourth-order valence-electron chi connectivity index (χ4n) is 5.56. The summed E-state index contributed by atoms with van der Waals surface area (Å²) in [5.74, 6) is -0.211. The molecule has 1 aliphatic heterocycles. The maximum Gasteiger partial charge on any atom is 0.251 e. The number of likely N-dealkylation sites (tertiary alicyclic amines) is 1. The summed E-state index contributed by atoms with van der Waals surface area (Å²) in [6.45, 7) is 6.63. The molecule has 1 aliphatic carbocycles. The molecule has 6 rings (SSSR count). The number of nitrogens with zero attached hydrogens (tertiary/aromatic N) is 7. The van der Waals surface area contributed by atoms with Crippen molar-refractivity contribution in [1.82, 2.24) is 34.6 Å². The van der Waals surface area contributed by atoms with E-state index in [9.17, 15) is 19.5 Å². The largest absolute Gasteiger partial charge is 0.390 e. The van der Waals surface area contributed by atoms with Crippen LogP contribution in [0.1, 0.15) is 42.1 Å². The van der Waals surface area contributed by atoms with E-state index in [-0.39, 0.29) is 24.1 Å². The first-order chi connectivity index (χ1) is 19.5. The van der Waals surface area contributed by atoms with Crippen molar-refractivity contribution in [1.29, 1.82) is 0 Å². The van der Waals surface area contributed by atoms with Crippen molar-refractivity contribution in [2.24, 2.45) is 5.41 Å². The zero-order chi connectivity index (χ0) is 29.2. The average Bonchev–Trinajstić information content (AvgIpc) is 3.40. The van der Waals surface area contributed by atoms with E-state index in [1.807, 2.05) is 13.8 Å². The molecular formula is C28H27BrN8O4. The molecule has 2 amide bonds. The molecule has 4 atom stereocenters. The minimum atomic E-state index is -1.10. The highest BCUT2D eigenvalue weighted by Gasteiger charge is 2.70. The van der Waals surface area contributed by atoms with Crippen LogP contribution in [0.15, 0.2) is 41.4 Å². The number of aliphatic hydroxyl groups excluding tert-OH is 1. The molecule has 4 aromatic rings. The van der Waals surface area contributed by atoms with Gasteiger partial charge in [-0.05, 0) is 53.9 Å². The molecule has 1 saturated carbocycles. The van der Waals surface area contributed by atoms with Crippen molar-refractivity contribution in [3.8, 4) is 11.3 Å². The molecule has 4 aromatic heterocycles. The van der Waals surface area contributed by atoms with Crippen LogP contribution in [0.3, 0.4) is 0 Å². The number of carbonyl (C=O) groups is 3. The van der Waals surface area contributed by atoms with Crippen LogP contribution in [0.4, 0.5) is 5.82 Å². The number of nitrogens with one attached hydrogen (secondary N) is 1. The van der Waals surface area contributed by atoms with Crippen LogP contribution in [-0.4, -0.2) is 75.5 Å². The summed E-state index contributed by atoms with van der Waals surface area (Å²) in [7, 11) is 0. The molecule has 2 aliphatic rings. The second-order valence-corrected chi connectivity index (χ2v) is 11.7. The number of hydrogen-bond donors (Lipinski definition) is 2. The zero-order valence-corrected chi connectivity index (χ0v) is 24.4. The number of fused-ring (bicyclic) bond motifs is 2. The van der Waals surface area contributed by atoms with Gasteiger partial charge in [-0.2, -0.15) is 5.10 Å². The first-order valence-electron chi connectivity index (χ1n) is 13.1. The number of rotatable bonds is 6. The number of hydrogen-bond acceptors (Lipinski definition) is 9. The van der Waals surface area contributed by atoms with Crippen LogP contribution >= 0.6 is 15.9 Å². The lowest BCUT2D eigenvalue weighted by Crippen LogP contribution is -2.51. The number of halogens is 1. The van der Waals surface area contributed by atoms with E-state index in [1.54, 1.807) is 43.7 Å². The number of aromatic nitrogens is 6. The molecule has 210 valence electrons. The minimum absolute atomic E-state index is 0.202. The Kier molecular flexibility index (Phi) is 6.46. The van der Waals surface area contributed by atoms with E-state index in [0.717, 1.165) is 5.56 Å². The quantitative estimate of drug-likeness (QED) is 0.245. The lowest BCUT2D eigenvalue weighted by Gasteiger charge is -2.29. The summed E-state index contributed by atoms with van der Waals surface area (Å²) < 4.78 is 1.97. The van der Waals surface area contributed by atoms with Crippen molar-refractivity contribution in [2.75, 3.05) is 5.32 Å². The van der Waals surface area contributed by atoms with Crippen molar-refractivity contribution in [2.45, 2.75) is 58.8 Å². The molecule has 0 radical (unpaired) electrons. The average molecular weight is 619 g/mol. The van der Waals surface area contributed by atoms with Gasteiger partial charge in [0.2, 0.25) is 5.91 Å². The van der Waals surface area contributed by atoms with E-state index < -0.39 is 29.4 Å². The van der Waals surface area contributed by atoms with E-state index in [1.165, 1.54) is 16.5 Å². The normalized spacial score (nSPS) is 23.0. The lowest BCUT2D eigenvalue weighted by atomic mass is 9.97. The van der Waals surface area contributed by atoms with Crippen LogP contribution in [0.2, 0.25) is 0 Å². The van der Waals surface area contributed by atoms with Gasteiger partial charge in [0.05, 0.1) is 23.5 Å². The molecule has 41 heavy (non-hydrogen) atoms. The predicted molar refractivity (Wildman–Crippen MR) is 152 cm³/mol. The molecule has 2 fully saturated rings. The lowest BCUT2D eigenvalue weighted by molar-refractivity contribution is -0.141. The Labute approximate surface area is 243 Å². The van der Waals surface area contributed by atoms with Gasteiger partial charge in [-0.15, -0.1) is 0 Å². The number of carbonyl (C=O) groups excluding carboxylic acids is 3. The second-order valence-electron chi connectivity index (χ2n) is 10.9. The highest BCUT2D eigenvalue weighted by molar-refractivity contribution is 9.10. The standard InChI is InChI=1S/C28H27BrN8O4/c1-13-5-6-21(29)33-26(13)34-27(41)24-25(40)28(4)8-20(28)37(24)22(39)12-36-19-11-32-18(16-9-30-15(3)31-10-16)7-17(19)23(35-36)14(2)38/h5-7,9-11,20,24-25,40H,8,12H2,1-4H3,(H,33,34,41)/t20-,24+,25+,28+/m1/s1. The second kappa shape index (κ2) is 9.77. The minimum Gasteiger partial charge on any atom is -0.390 e. The molecule has 0 unspecified atom stereocenters. The summed E-state index contributed by atoms with van der Waals surface area (Å²) in [6.07, 6.45) is 4.40. The number of piperidine rings is 1. The smallest absolute Gasteiger partial charge is 0.251 e. The van der Waals surface area contributed by atoms with Gasteiger partial charge in [0, 0.05) is 41.7 Å². The molecule has 12 nitrogen and oxygen atoms in total. The van der Waals surface area contributed by atoms with E-state index in [4.69, 9.17) is 0 Å². The van der Waals surface area contributed by atoms with Crippen molar-refractivity contribution < 1.29 is 19.5 Å². The highest BCUT2D eigenvalue weighted by atomic mass is 79.9. The van der Waals surface area contributed by atoms with Gasteiger partial charge in [0.1, 0.15) is 34.5 Å². The molecular weight excluding hydrogens is 592 g/mol. The Balaban J connectivity index is 1.31. The molecule has 13 heteroatoms. The first-order valence-corrected chi connectivity index (χ1v) is 13.9. The van der Waals surface area contributed by atoms with Crippen LogP contribution < -0.4 is 5.32 Å². The van der Waals surface area contributed by atoms with Gasteiger partial charge in [0.25, 0.3) is 5.91 Å². The van der Waals surface area contributed by atoms with Crippen molar-refractivity contribution in [3.63, 3.8) is 0 Å². The predicted octanol–water partition coefficient (Wildman–Crippen LogP) is 2.85. The van der Waals surface area contributed by atoms with Crippen molar-refractivity contribution >= 4 is 50.2 Å². The Morgan fingerprint density at radius 1 is 1.15 bits per heavy atom. The number of aliphatic hydroxyl groups is 1. The molecule has 0 bridgehead atoms. The molecule has 1 saturated heterocycles. The molecule has 5 heterocycles. The van der Waals surface area contributed by atoms with Gasteiger partial charge in [0.15, 0.2) is 5.78 Å². The number of pyridine rings is 2. The summed E-state index contributed by atoms with van der Waals surface area (Å²) >= 11 is 3.31. The summed E-state index contributed by atoms with van der Waals surface area (Å²) in [5, 5.41) is 18.9. The topological polar surface area (TPSA) is 156 Å². The Hall–Kier alpha value is -4.10. The third kappa shape index (κ3) is 4.58. The Bertz CT molecular complexity index is 1740. The summed E-state index contributed by atoms with van der Waals surface area (Å²) in [5.41, 5.74) is 2.10. The molecule has 0 spiro atoms. The Morgan fingerprint density at radius 3 is 2.59 bits per heavy atom. The van der Waals surface area contributed by atoms with E-state index >= 15 is 0 Å².